The fourth-order valence-electron chi connectivity index (χ4n) is 3.88. The Labute approximate surface area is 142 Å². The summed E-state index contributed by atoms with van der Waals surface area (Å²) in [5.41, 5.74) is 1.61. The Morgan fingerprint density at radius 1 is 1.21 bits per heavy atom. The highest BCUT2D eigenvalue weighted by molar-refractivity contribution is 5.89. The lowest BCUT2D eigenvalue weighted by Crippen LogP contribution is -2.53. The van der Waals surface area contributed by atoms with E-state index in [9.17, 15) is 14.7 Å². The van der Waals surface area contributed by atoms with Crippen molar-refractivity contribution in [3.8, 4) is 0 Å². The van der Waals surface area contributed by atoms with Crippen LogP contribution in [0.15, 0.2) is 24.3 Å². The van der Waals surface area contributed by atoms with Crippen molar-refractivity contribution in [3.05, 3.63) is 35.4 Å². The molecule has 0 aliphatic carbocycles. The van der Waals surface area contributed by atoms with Gasteiger partial charge in [0, 0.05) is 26.3 Å². The molecule has 1 N–H and O–H groups in total. The van der Waals surface area contributed by atoms with E-state index < -0.39 is 17.3 Å². The number of rotatable bonds is 3. The van der Waals surface area contributed by atoms with Crippen LogP contribution in [0.5, 0.6) is 0 Å². The van der Waals surface area contributed by atoms with Crippen LogP contribution < -0.4 is 0 Å². The predicted molar refractivity (Wildman–Crippen MR) is 89.8 cm³/mol. The lowest BCUT2D eigenvalue weighted by molar-refractivity contribution is -0.149. The quantitative estimate of drug-likeness (QED) is 0.923. The van der Waals surface area contributed by atoms with E-state index in [1.165, 1.54) is 0 Å². The van der Waals surface area contributed by atoms with E-state index in [4.69, 9.17) is 4.74 Å². The number of ether oxygens (including phenoxy) is 1. The molecule has 2 fully saturated rings. The number of carboxylic acids is 1. The highest BCUT2D eigenvalue weighted by atomic mass is 16.5. The molecule has 1 aromatic carbocycles. The molecule has 1 atom stereocenters. The van der Waals surface area contributed by atoms with Crippen LogP contribution in [0.1, 0.15) is 36.8 Å². The van der Waals surface area contributed by atoms with Gasteiger partial charge in [-0.25, -0.2) is 0 Å². The molecule has 24 heavy (non-hydrogen) atoms. The van der Waals surface area contributed by atoms with E-state index in [1.807, 2.05) is 31.2 Å². The lowest BCUT2D eigenvalue weighted by atomic mass is 9.72. The summed E-state index contributed by atoms with van der Waals surface area (Å²) in [5, 5.41) is 9.30. The Balaban J connectivity index is 1.89. The molecule has 1 amide bonds. The standard InChI is InChI=1S/C19H25NO4/c1-14-4-6-16(7-5-14)19(8-11-24-12-9-19)18(23)20-10-2-3-15(13-20)17(21)22/h4-7,15H,2-3,8-13H2,1H3,(H,21,22). The average Bonchev–Trinajstić information content (AvgIpc) is 2.62. The second kappa shape index (κ2) is 6.93. The van der Waals surface area contributed by atoms with Gasteiger partial charge in [-0.3, -0.25) is 9.59 Å². The van der Waals surface area contributed by atoms with Gasteiger partial charge in [0.25, 0.3) is 0 Å². The molecule has 3 rings (SSSR count). The van der Waals surface area contributed by atoms with Gasteiger partial charge in [0.1, 0.15) is 0 Å². The van der Waals surface area contributed by atoms with Crippen molar-refractivity contribution in [2.24, 2.45) is 5.92 Å². The van der Waals surface area contributed by atoms with Crippen molar-refractivity contribution in [1.29, 1.82) is 0 Å². The van der Waals surface area contributed by atoms with Crippen LogP contribution in [0.3, 0.4) is 0 Å². The van der Waals surface area contributed by atoms with Crippen LogP contribution >= 0.6 is 0 Å². The zero-order chi connectivity index (χ0) is 17.2. The lowest BCUT2D eigenvalue weighted by Gasteiger charge is -2.42. The first-order chi connectivity index (χ1) is 11.5. The molecule has 5 heteroatoms. The van der Waals surface area contributed by atoms with Crippen LogP contribution in [0.2, 0.25) is 0 Å². The van der Waals surface area contributed by atoms with Gasteiger partial charge in [0.15, 0.2) is 0 Å². The summed E-state index contributed by atoms with van der Waals surface area (Å²) < 4.78 is 5.50. The molecule has 5 nitrogen and oxygen atoms in total. The zero-order valence-corrected chi connectivity index (χ0v) is 14.2. The number of hydrogen-bond donors (Lipinski definition) is 1. The molecule has 130 valence electrons. The van der Waals surface area contributed by atoms with Crippen LogP contribution in [0, 0.1) is 12.8 Å². The van der Waals surface area contributed by atoms with E-state index in [0.29, 0.717) is 45.6 Å². The number of likely N-dealkylation sites (tertiary alicyclic amines) is 1. The maximum Gasteiger partial charge on any atom is 0.308 e. The summed E-state index contributed by atoms with van der Waals surface area (Å²) in [6, 6.07) is 8.15. The number of amides is 1. The largest absolute Gasteiger partial charge is 0.481 e. The molecule has 0 radical (unpaired) electrons. The molecular formula is C19H25NO4. The Morgan fingerprint density at radius 3 is 2.50 bits per heavy atom. The van der Waals surface area contributed by atoms with Gasteiger partial charge in [0.2, 0.25) is 5.91 Å². The fraction of sp³-hybridized carbons (Fsp3) is 0.579. The van der Waals surface area contributed by atoms with Gasteiger partial charge in [-0.15, -0.1) is 0 Å². The second-order valence-electron chi connectivity index (χ2n) is 6.99. The van der Waals surface area contributed by atoms with E-state index in [-0.39, 0.29) is 5.91 Å². The van der Waals surface area contributed by atoms with E-state index >= 15 is 0 Å². The molecule has 2 aliphatic heterocycles. The average molecular weight is 331 g/mol. The summed E-state index contributed by atoms with van der Waals surface area (Å²) in [5.74, 6) is -1.18. The van der Waals surface area contributed by atoms with Gasteiger partial charge in [-0.2, -0.15) is 0 Å². The minimum absolute atomic E-state index is 0.0700. The highest BCUT2D eigenvalue weighted by Crippen LogP contribution is 2.38. The third-order valence-electron chi connectivity index (χ3n) is 5.42. The molecule has 0 bridgehead atoms. The molecule has 0 aromatic heterocycles. The molecule has 2 aliphatic rings. The monoisotopic (exact) mass is 331 g/mol. The number of carbonyl (C=O) groups excluding carboxylic acids is 1. The van der Waals surface area contributed by atoms with Crippen molar-refractivity contribution in [2.75, 3.05) is 26.3 Å². The first-order valence-electron chi connectivity index (χ1n) is 8.70. The minimum atomic E-state index is -0.802. The predicted octanol–water partition coefficient (Wildman–Crippen LogP) is 2.37. The van der Waals surface area contributed by atoms with Crippen molar-refractivity contribution < 1.29 is 19.4 Å². The Kier molecular flexibility index (Phi) is 4.90. The second-order valence-corrected chi connectivity index (χ2v) is 6.99. The number of carboxylic acid groups (broad SMARTS) is 1. The van der Waals surface area contributed by atoms with Gasteiger partial charge < -0.3 is 14.7 Å². The van der Waals surface area contributed by atoms with Crippen LogP contribution in [0.25, 0.3) is 0 Å². The maximum absolute atomic E-state index is 13.4. The van der Waals surface area contributed by atoms with Gasteiger partial charge in [0.05, 0.1) is 11.3 Å². The zero-order valence-electron chi connectivity index (χ0n) is 14.2. The number of benzene rings is 1. The number of nitrogens with zero attached hydrogens (tertiary/aromatic N) is 1. The Hall–Kier alpha value is -1.88. The first-order valence-corrected chi connectivity index (χ1v) is 8.70. The Bertz CT molecular complexity index is 604. The maximum atomic E-state index is 13.4. The summed E-state index contributed by atoms with van der Waals surface area (Å²) in [6.07, 6.45) is 2.72. The first kappa shape index (κ1) is 17.0. The van der Waals surface area contributed by atoms with Gasteiger partial charge in [-0.1, -0.05) is 29.8 Å². The molecule has 0 spiro atoms. The van der Waals surface area contributed by atoms with E-state index in [2.05, 4.69) is 0 Å². The molecular weight excluding hydrogens is 306 g/mol. The molecule has 2 heterocycles. The van der Waals surface area contributed by atoms with Crippen molar-refractivity contribution in [3.63, 3.8) is 0 Å². The molecule has 1 unspecified atom stereocenters. The summed E-state index contributed by atoms with van der Waals surface area (Å²) in [4.78, 5) is 26.5. The van der Waals surface area contributed by atoms with Gasteiger partial charge in [-0.05, 0) is 38.2 Å². The molecule has 0 saturated carbocycles. The summed E-state index contributed by atoms with van der Waals surface area (Å²) in [6.45, 7) is 4.13. The molecule has 2 saturated heterocycles. The minimum Gasteiger partial charge on any atom is -0.481 e. The number of hydrogen-bond acceptors (Lipinski definition) is 3. The topological polar surface area (TPSA) is 66.8 Å². The third kappa shape index (κ3) is 3.18. The fourth-order valence-corrected chi connectivity index (χ4v) is 3.88. The smallest absolute Gasteiger partial charge is 0.308 e. The van der Waals surface area contributed by atoms with Crippen LogP contribution in [-0.2, 0) is 19.7 Å². The SMILES string of the molecule is Cc1ccc(C2(C(=O)N3CCCC(C(=O)O)C3)CCOCC2)cc1. The van der Waals surface area contributed by atoms with Crippen molar-refractivity contribution >= 4 is 11.9 Å². The summed E-state index contributed by atoms with van der Waals surface area (Å²) >= 11 is 0. The highest BCUT2D eigenvalue weighted by Gasteiger charge is 2.45. The van der Waals surface area contributed by atoms with E-state index in [1.54, 1.807) is 4.90 Å². The van der Waals surface area contributed by atoms with Gasteiger partial charge >= 0.3 is 5.97 Å². The number of aryl methyl sites for hydroxylation is 1. The molecule has 1 aromatic rings. The summed E-state index contributed by atoms with van der Waals surface area (Å²) in [7, 11) is 0. The van der Waals surface area contributed by atoms with Crippen LogP contribution in [0.4, 0.5) is 0 Å². The number of carbonyl (C=O) groups is 2. The van der Waals surface area contributed by atoms with Crippen LogP contribution in [-0.4, -0.2) is 48.2 Å². The normalized spacial score (nSPS) is 23.7. The number of piperidine rings is 1. The van der Waals surface area contributed by atoms with Crippen molar-refractivity contribution in [2.45, 2.75) is 38.0 Å². The Morgan fingerprint density at radius 2 is 1.88 bits per heavy atom. The van der Waals surface area contributed by atoms with E-state index in [0.717, 1.165) is 17.5 Å². The van der Waals surface area contributed by atoms with Crippen molar-refractivity contribution in [1.82, 2.24) is 4.90 Å². The number of aliphatic carboxylic acids is 1. The third-order valence-corrected chi connectivity index (χ3v) is 5.42.